The molecular weight excluding hydrogens is 498 g/mol. The molecule has 9 heteroatoms. The van der Waals surface area contributed by atoms with Gasteiger partial charge < -0.3 is 10.2 Å². The number of sulfonamides is 1. The Morgan fingerprint density at radius 3 is 2.31 bits per heavy atom. The minimum atomic E-state index is -4.05. The van der Waals surface area contributed by atoms with Crippen molar-refractivity contribution >= 4 is 50.5 Å². The van der Waals surface area contributed by atoms with E-state index >= 15 is 0 Å². The Hall–Kier alpha value is -3.36. The molecule has 1 aliphatic rings. The van der Waals surface area contributed by atoms with Crippen LogP contribution in [0.2, 0.25) is 5.02 Å². The Labute approximate surface area is 216 Å². The average molecular weight is 526 g/mol. The highest BCUT2D eigenvalue weighted by Gasteiger charge is 2.28. The van der Waals surface area contributed by atoms with Gasteiger partial charge in [-0.15, -0.1) is 0 Å². The molecule has 4 rings (SSSR count). The second kappa shape index (κ2) is 10.3. The number of nitrogens with one attached hydrogen (secondary N) is 1. The van der Waals surface area contributed by atoms with Gasteiger partial charge in [-0.25, -0.2) is 8.42 Å². The molecule has 0 saturated carbocycles. The van der Waals surface area contributed by atoms with Crippen molar-refractivity contribution in [1.29, 1.82) is 0 Å². The van der Waals surface area contributed by atoms with E-state index in [2.05, 4.69) is 5.32 Å². The molecule has 1 aliphatic heterocycles. The molecule has 188 valence electrons. The summed E-state index contributed by atoms with van der Waals surface area (Å²) in [6.45, 7) is 5.97. The highest BCUT2D eigenvalue weighted by atomic mass is 35.5. The van der Waals surface area contributed by atoms with Crippen LogP contribution >= 0.6 is 11.6 Å². The zero-order valence-corrected chi connectivity index (χ0v) is 22.0. The van der Waals surface area contributed by atoms with Crippen LogP contribution in [0.1, 0.15) is 29.5 Å². The predicted molar refractivity (Wildman–Crippen MR) is 143 cm³/mol. The molecule has 0 unspecified atom stereocenters. The van der Waals surface area contributed by atoms with Gasteiger partial charge in [-0.2, -0.15) is 0 Å². The third kappa shape index (κ3) is 5.39. The molecule has 3 aromatic rings. The third-order valence-corrected chi connectivity index (χ3v) is 8.35. The van der Waals surface area contributed by atoms with Gasteiger partial charge in [-0.3, -0.25) is 13.9 Å². The summed E-state index contributed by atoms with van der Waals surface area (Å²) in [4.78, 5) is 27.0. The van der Waals surface area contributed by atoms with E-state index < -0.39 is 22.5 Å². The monoisotopic (exact) mass is 525 g/mol. The Morgan fingerprint density at radius 1 is 0.972 bits per heavy atom. The molecule has 1 heterocycles. The molecule has 0 spiro atoms. The highest BCUT2D eigenvalue weighted by Crippen LogP contribution is 2.29. The zero-order chi connectivity index (χ0) is 26.0. The lowest BCUT2D eigenvalue weighted by Gasteiger charge is -2.25. The summed E-state index contributed by atoms with van der Waals surface area (Å²) in [5, 5.41) is 3.22. The van der Waals surface area contributed by atoms with Gasteiger partial charge in [0.2, 0.25) is 11.8 Å². The second-order valence-electron chi connectivity index (χ2n) is 8.93. The number of hydrogen-bond donors (Lipinski definition) is 1. The molecule has 0 radical (unpaired) electrons. The summed E-state index contributed by atoms with van der Waals surface area (Å²) in [7, 11) is -4.05. The quantitative estimate of drug-likeness (QED) is 0.458. The van der Waals surface area contributed by atoms with Crippen molar-refractivity contribution in [2.45, 2.75) is 38.5 Å². The van der Waals surface area contributed by atoms with Gasteiger partial charge in [0.1, 0.15) is 6.54 Å². The fourth-order valence-corrected chi connectivity index (χ4v) is 5.74. The molecule has 0 aliphatic carbocycles. The van der Waals surface area contributed by atoms with Crippen LogP contribution in [0, 0.1) is 20.8 Å². The maximum atomic E-state index is 13.6. The molecule has 2 amide bonds. The normalized spacial score (nSPS) is 13.7. The van der Waals surface area contributed by atoms with Crippen LogP contribution in [-0.2, 0) is 19.6 Å². The number of aryl methyl sites for hydroxylation is 3. The van der Waals surface area contributed by atoms with Crippen molar-refractivity contribution in [3.63, 3.8) is 0 Å². The van der Waals surface area contributed by atoms with Gasteiger partial charge in [0.25, 0.3) is 10.0 Å². The molecule has 1 saturated heterocycles. The average Bonchev–Trinajstić information content (AvgIpc) is 3.25. The lowest BCUT2D eigenvalue weighted by Crippen LogP contribution is -2.38. The highest BCUT2D eigenvalue weighted by molar-refractivity contribution is 7.92. The van der Waals surface area contributed by atoms with E-state index in [9.17, 15) is 18.0 Å². The van der Waals surface area contributed by atoms with Gasteiger partial charge in [0.15, 0.2) is 0 Å². The van der Waals surface area contributed by atoms with E-state index in [4.69, 9.17) is 11.6 Å². The number of hydrogen-bond acceptors (Lipinski definition) is 4. The lowest BCUT2D eigenvalue weighted by molar-refractivity contribution is -0.117. The summed E-state index contributed by atoms with van der Waals surface area (Å²) in [5.41, 5.74) is 4.51. The van der Waals surface area contributed by atoms with Crippen molar-refractivity contribution in [3.8, 4) is 0 Å². The number of carbonyl (C=O) groups excluding carboxylic acids is 2. The van der Waals surface area contributed by atoms with Gasteiger partial charge in [0, 0.05) is 29.4 Å². The van der Waals surface area contributed by atoms with Crippen molar-refractivity contribution in [1.82, 2.24) is 0 Å². The largest absolute Gasteiger partial charge is 0.325 e. The first-order chi connectivity index (χ1) is 17.1. The van der Waals surface area contributed by atoms with E-state index in [1.165, 1.54) is 24.3 Å². The summed E-state index contributed by atoms with van der Waals surface area (Å²) < 4.78 is 28.2. The predicted octanol–water partition coefficient (Wildman–Crippen LogP) is 5.23. The number of rotatable bonds is 7. The van der Waals surface area contributed by atoms with Crippen molar-refractivity contribution in [2.75, 3.05) is 27.6 Å². The minimum absolute atomic E-state index is 0.0356. The number of halogens is 1. The Morgan fingerprint density at radius 2 is 1.69 bits per heavy atom. The number of anilines is 3. The van der Waals surface area contributed by atoms with Crippen molar-refractivity contribution in [3.05, 3.63) is 82.4 Å². The maximum Gasteiger partial charge on any atom is 0.264 e. The first-order valence-electron chi connectivity index (χ1n) is 11.6. The minimum Gasteiger partial charge on any atom is -0.325 e. The fourth-order valence-electron chi connectivity index (χ4n) is 4.20. The molecule has 7 nitrogen and oxygen atoms in total. The fraction of sp³-hybridized carbons (Fsp3) is 0.259. The summed E-state index contributed by atoms with van der Waals surface area (Å²) in [5.74, 6) is -0.401. The smallest absolute Gasteiger partial charge is 0.264 e. The molecular formula is C27H28ClN3O4S. The van der Waals surface area contributed by atoms with Crippen LogP contribution in [0.3, 0.4) is 0 Å². The summed E-state index contributed by atoms with van der Waals surface area (Å²) >= 11 is 5.95. The Balaban J connectivity index is 1.60. The molecule has 0 atom stereocenters. The molecule has 0 bridgehead atoms. The van der Waals surface area contributed by atoms with E-state index in [-0.39, 0.29) is 10.8 Å². The topological polar surface area (TPSA) is 86.8 Å². The lowest BCUT2D eigenvalue weighted by atomic mass is 10.1. The molecule has 1 N–H and O–H groups in total. The molecule has 36 heavy (non-hydrogen) atoms. The second-order valence-corrected chi connectivity index (χ2v) is 11.2. The number of benzene rings is 3. The van der Waals surface area contributed by atoms with Crippen LogP contribution in [0.25, 0.3) is 0 Å². The van der Waals surface area contributed by atoms with Gasteiger partial charge in [-0.05, 0) is 98.5 Å². The van der Waals surface area contributed by atoms with Crippen LogP contribution in [0.15, 0.2) is 65.6 Å². The number of amides is 2. The van der Waals surface area contributed by atoms with Crippen LogP contribution < -0.4 is 14.5 Å². The number of nitrogens with zero attached hydrogens (tertiary/aromatic N) is 2. The van der Waals surface area contributed by atoms with E-state index in [1.54, 1.807) is 35.2 Å². The summed E-state index contributed by atoms with van der Waals surface area (Å²) in [6, 6.07) is 16.4. The number of carbonyl (C=O) groups is 2. The Bertz CT molecular complexity index is 1420. The molecule has 3 aromatic carbocycles. The van der Waals surface area contributed by atoms with Crippen LogP contribution in [-0.4, -0.2) is 33.3 Å². The molecule has 1 fully saturated rings. The first-order valence-corrected chi connectivity index (χ1v) is 13.4. The van der Waals surface area contributed by atoms with E-state index in [0.717, 1.165) is 33.1 Å². The third-order valence-electron chi connectivity index (χ3n) is 6.31. The van der Waals surface area contributed by atoms with E-state index in [1.807, 2.05) is 26.8 Å². The standard InChI is InChI=1S/C27H28ClN3O4S/c1-18-6-10-23(16-19(18)2)31(36(34,35)24-11-7-21(28)8-12-24)17-26(32)29-22-9-13-25(20(3)15-22)30-14-4-5-27(30)33/h6-13,15-16H,4-5,14,17H2,1-3H3,(H,29,32). The van der Waals surface area contributed by atoms with Gasteiger partial charge in [0.05, 0.1) is 10.6 Å². The Kier molecular flexibility index (Phi) is 7.38. The first kappa shape index (κ1) is 25.7. The van der Waals surface area contributed by atoms with Crippen LogP contribution in [0.4, 0.5) is 17.1 Å². The van der Waals surface area contributed by atoms with Crippen molar-refractivity contribution in [2.24, 2.45) is 0 Å². The zero-order valence-electron chi connectivity index (χ0n) is 20.4. The van der Waals surface area contributed by atoms with Crippen molar-refractivity contribution < 1.29 is 18.0 Å². The SMILES string of the molecule is Cc1ccc(N(CC(=O)Nc2ccc(N3CCCC3=O)c(C)c2)S(=O)(=O)c2ccc(Cl)cc2)cc1C. The summed E-state index contributed by atoms with van der Waals surface area (Å²) in [6.07, 6.45) is 1.36. The van der Waals surface area contributed by atoms with Crippen LogP contribution in [0.5, 0.6) is 0 Å². The maximum absolute atomic E-state index is 13.6. The van der Waals surface area contributed by atoms with E-state index in [0.29, 0.717) is 29.4 Å². The molecule has 0 aromatic heterocycles. The van der Waals surface area contributed by atoms with Gasteiger partial charge >= 0.3 is 0 Å². The van der Waals surface area contributed by atoms with Gasteiger partial charge in [-0.1, -0.05) is 17.7 Å².